The Morgan fingerprint density at radius 3 is 2.62 bits per heavy atom. The van der Waals surface area contributed by atoms with E-state index in [1.807, 2.05) is 19.3 Å². The maximum Gasteiger partial charge on any atom is 0.337 e. The Kier molecular flexibility index (Phi) is 4.02. The first-order valence-corrected chi connectivity index (χ1v) is 6.88. The summed E-state index contributed by atoms with van der Waals surface area (Å²) in [6.07, 6.45) is 1.97. The molecule has 2 N–H and O–H groups in total. The molecule has 0 aliphatic rings. The summed E-state index contributed by atoms with van der Waals surface area (Å²) in [7, 11) is 1.89. The topological polar surface area (TPSA) is 67.2 Å². The molecule has 21 heavy (non-hydrogen) atoms. The molecule has 0 aliphatic carbocycles. The lowest BCUT2D eigenvalue weighted by Gasteiger charge is -2.18. The highest BCUT2D eigenvalue weighted by Crippen LogP contribution is 2.25. The average Bonchev–Trinajstić information content (AvgIpc) is 2.78. The van der Waals surface area contributed by atoms with E-state index in [-0.39, 0.29) is 11.0 Å². The molecule has 0 saturated carbocycles. The van der Waals surface area contributed by atoms with Crippen molar-refractivity contribution in [3.8, 4) is 0 Å². The Bertz CT molecular complexity index is 654. The van der Waals surface area contributed by atoms with Crippen molar-refractivity contribution in [2.45, 2.75) is 32.7 Å². The Balaban J connectivity index is 2.24. The number of para-hydroxylation sites is 1. The van der Waals surface area contributed by atoms with Gasteiger partial charge in [0.2, 0.25) is 0 Å². The minimum absolute atomic E-state index is 0.0510. The van der Waals surface area contributed by atoms with Crippen LogP contribution in [0.4, 0.5) is 5.69 Å². The summed E-state index contributed by atoms with van der Waals surface area (Å²) in [5, 5.41) is 16.9. The predicted octanol–water partition coefficient (Wildman–Crippen LogP) is 3.03. The van der Waals surface area contributed by atoms with E-state index in [4.69, 9.17) is 0 Å². The number of nitrogens with zero attached hydrogens (tertiary/aromatic N) is 2. The molecular weight excluding hydrogens is 266 g/mol. The molecule has 5 nitrogen and oxygen atoms in total. The fraction of sp³-hybridized carbons (Fsp3) is 0.375. The second kappa shape index (κ2) is 5.60. The van der Waals surface area contributed by atoms with Crippen molar-refractivity contribution in [1.29, 1.82) is 0 Å². The lowest BCUT2D eigenvalue weighted by Crippen LogP contribution is -2.16. The Morgan fingerprint density at radius 1 is 1.33 bits per heavy atom. The van der Waals surface area contributed by atoms with Gasteiger partial charge in [0, 0.05) is 36.5 Å². The summed E-state index contributed by atoms with van der Waals surface area (Å²) in [4.78, 5) is 11.2. The first-order chi connectivity index (χ1) is 9.79. The highest BCUT2D eigenvalue weighted by molar-refractivity contribution is 5.94. The van der Waals surface area contributed by atoms with E-state index in [9.17, 15) is 9.90 Å². The van der Waals surface area contributed by atoms with Gasteiger partial charge < -0.3 is 10.4 Å². The Morgan fingerprint density at radius 2 is 2.00 bits per heavy atom. The SMILES string of the molecule is Cn1cc(CNc2ccccc2C(=O)O)c(C(C)(C)C)n1. The lowest BCUT2D eigenvalue weighted by atomic mass is 9.89. The molecular formula is C16H21N3O2. The van der Waals surface area contributed by atoms with Crippen LogP contribution in [0.15, 0.2) is 30.5 Å². The number of carboxylic acid groups (broad SMARTS) is 1. The van der Waals surface area contributed by atoms with Crippen molar-refractivity contribution in [3.63, 3.8) is 0 Å². The van der Waals surface area contributed by atoms with Crippen LogP contribution in [0.1, 0.15) is 42.4 Å². The molecule has 1 heterocycles. The van der Waals surface area contributed by atoms with Gasteiger partial charge in [0.1, 0.15) is 0 Å². The molecule has 0 radical (unpaired) electrons. The van der Waals surface area contributed by atoms with Crippen LogP contribution in [0.25, 0.3) is 0 Å². The predicted molar refractivity (Wildman–Crippen MR) is 82.6 cm³/mol. The van der Waals surface area contributed by atoms with Crippen molar-refractivity contribution in [1.82, 2.24) is 9.78 Å². The zero-order chi connectivity index (χ0) is 15.6. The molecule has 0 aliphatic heterocycles. The normalized spacial score (nSPS) is 11.4. The van der Waals surface area contributed by atoms with Crippen molar-refractivity contribution in [2.75, 3.05) is 5.32 Å². The number of aromatic nitrogens is 2. The summed E-state index contributed by atoms with van der Waals surface area (Å²) in [5.74, 6) is -0.930. The average molecular weight is 287 g/mol. The van der Waals surface area contributed by atoms with Crippen molar-refractivity contribution in [2.24, 2.45) is 7.05 Å². The molecule has 2 aromatic rings. The Labute approximate surface area is 124 Å². The number of carboxylic acids is 1. The van der Waals surface area contributed by atoms with E-state index in [1.54, 1.807) is 22.9 Å². The fourth-order valence-corrected chi connectivity index (χ4v) is 2.31. The summed E-state index contributed by atoms with van der Waals surface area (Å²) in [5.41, 5.74) is 2.94. The van der Waals surface area contributed by atoms with Crippen LogP contribution in [0.2, 0.25) is 0 Å². The standard InChI is InChI=1S/C16H21N3O2/c1-16(2,3)14-11(10-19(4)18-14)9-17-13-8-6-5-7-12(13)15(20)21/h5-8,10,17H,9H2,1-4H3,(H,20,21). The summed E-state index contributed by atoms with van der Waals surface area (Å²) in [6, 6.07) is 6.91. The number of hydrogen-bond acceptors (Lipinski definition) is 3. The maximum atomic E-state index is 11.2. The van der Waals surface area contributed by atoms with E-state index >= 15 is 0 Å². The summed E-state index contributed by atoms with van der Waals surface area (Å²) < 4.78 is 1.79. The van der Waals surface area contributed by atoms with Gasteiger partial charge in [-0.1, -0.05) is 32.9 Å². The van der Waals surface area contributed by atoms with Gasteiger partial charge in [-0.2, -0.15) is 5.10 Å². The highest BCUT2D eigenvalue weighted by Gasteiger charge is 2.21. The van der Waals surface area contributed by atoms with E-state index in [2.05, 4.69) is 31.2 Å². The second-order valence-corrected chi connectivity index (χ2v) is 6.13. The molecule has 1 aromatic carbocycles. The number of rotatable bonds is 4. The van der Waals surface area contributed by atoms with Crippen LogP contribution >= 0.6 is 0 Å². The van der Waals surface area contributed by atoms with Crippen molar-refractivity contribution >= 4 is 11.7 Å². The van der Waals surface area contributed by atoms with Crippen LogP contribution in [0, 0.1) is 0 Å². The van der Waals surface area contributed by atoms with E-state index in [0.29, 0.717) is 12.2 Å². The molecule has 2 rings (SSSR count). The molecule has 0 spiro atoms. The number of aromatic carboxylic acids is 1. The van der Waals surface area contributed by atoms with Crippen LogP contribution in [0.5, 0.6) is 0 Å². The molecule has 0 fully saturated rings. The lowest BCUT2D eigenvalue weighted by molar-refractivity contribution is 0.0698. The smallest absolute Gasteiger partial charge is 0.337 e. The third kappa shape index (κ3) is 3.42. The number of nitrogens with one attached hydrogen (secondary N) is 1. The van der Waals surface area contributed by atoms with Gasteiger partial charge in [0.15, 0.2) is 0 Å². The molecule has 5 heteroatoms. The minimum Gasteiger partial charge on any atom is -0.478 e. The largest absolute Gasteiger partial charge is 0.478 e. The van der Waals surface area contributed by atoms with Crippen LogP contribution in [0.3, 0.4) is 0 Å². The number of aryl methyl sites for hydroxylation is 1. The van der Waals surface area contributed by atoms with Gasteiger partial charge in [-0.3, -0.25) is 4.68 Å². The number of anilines is 1. The van der Waals surface area contributed by atoms with Crippen LogP contribution in [-0.4, -0.2) is 20.9 Å². The number of hydrogen-bond donors (Lipinski definition) is 2. The third-order valence-electron chi connectivity index (χ3n) is 3.24. The zero-order valence-electron chi connectivity index (χ0n) is 12.8. The third-order valence-corrected chi connectivity index (χ3v) is 3.24. The fourth-order valence-electron chi connectivity index (χ4n) is 2.31. The first kappa shape index (κ1) is 15.1. The molecule has 0 atom stereocenters. The van der Waals surface area contributed by atoms with E-state index in [0.717, 1.165) is 11.3 Å². The highest BCUT2D eigenvalue weighted by atomic mass is 16.4. The van der Waals surface area contributed by atoms with Gasteiger partial charge in [-0.25, -0.2) is 4.79 Å². The van der Waals surface area contributed by atoms with Gasteiger partial charge in [-0.15, -0.1) is 0 Å². The molecule has 1 aromatic heterocycles. The van der Waals surface area contributed by atoms with Crippen molar-refractivity contribution < 1.29 is 9.90 Å². The van der Waals surface area contributed by atoms with Gasteiger partial charge in [0.25, 0.3) is 0 Å². The summed E-state index contributed by atoms with van der Waals surface area (Å²) in [6.45, 7) is 6.89. The molecule has 0 amide bonds. The second-order valence-electron chi connectivity index (χ2n) is 6.13. The molecule has 0 saturated heterocycles. The van der Waals surface area contributed by atoms with Crippen LogP contribution in [-0.2, 0) is 19.0 Å². The molecule has 112 valence electrons. The maximum absolute atomic E-state index is 11.2. The number of benzene rings is 1. The quantitative estimate of drug-likeness (QED) is 0.907. The van der Waals surface area contributed by atoms with E-state index < -0.39 is 5.97 Å². The Hall–Kier alpha value is -2.30. The van der Waals surface area contributed by atoms with Gasteiger partial charge in [-0.05, 0) is 12.1 Å². The minimum atomic E-state index is -0.930. The van der Waals surface area contributed by atoms with Crippen LogP contribution < -0.4 is 5.32 Å². The first-order valence-electron chi connectivity index (χ1n) is 6.88. The monoisotopic (exact) mass is 287 g/mol. The molecule has 0 unspecified atom stereocenters. The van der Waals surface area contributed by atoms with E-state index in [1.165, 1.54) is 0 Å². The molecule has 0 bridgehead atoms. The summed E-state index contributed by atoms with van der Waals surface area (Å²) >= 11 is 0. The number of carbonyl (C=O) groups is 1. The van der Waals surface area contributed by atoms with Crippen molar-refractivity contribution in [3.05, 3.63) is 47.3 Å². The van der Waals surface area contributed by atoms with Gasteiger partial charge >= 0.3 is 5.97 Å². The zero-order valence-corrected chi connectivity index (χ0v) is 12.8. The van der Waals surface area contributed by atoms with Gasteiger partial charge in [0.05, 0.1) is 11.3 Å².